The monoisotopic (exact) mass is 384 g/mol. The minimum atomic E-state index is 0.132. The molecule has 1 saturated heterocycles. The molecule has 1 aliphatic carbocycles. The van der Waals surface area contributed by atoms with Crippen LogP contribution in [0.3, 0.4) is 0 Å². The van der Waals surface area contributed by atoms with Gasteiger partial charge in [0.25, 0.3) is 5.91 Å². The molecule has 2 aromatic rings. The van der Waals surface area contributed by atoms with Gasteiger partial charge in [-0.05, 0) is 68.4 Å². The van der Waals surface area contributed by atoms with Gasteiger partial charge >= 0.3 is 0 Å². The number of hydrogen-bond acceptors (Lipinski definition) is 4. The van der Waals surface area contributed by atoms with Crippen molar-refractivity contribution in [1.29, 1.82) is 0 Å². The minimum Gasteiger partial charge on any atom is -0.282 e. The Labute approximate surface area is 163 Å². The summed E-state index contributed by atoms with van der Waals surface area (Å²) in [4.78, 5) is 22.4. The van der Waals surface area contributed by atoms with Crippen LogP contribution in [0, 0.1) is 6.92 Å². The van der Waals surface area contributed by atoms with Crippen molar-refractivity contribution in [3.63, 3.8) is 0 Å². The standard InChI is InChI=1S/C21H24N2OS2/c1-3-17-13-25-21(22-16-9-6-7-14(2)11-16)23(17)20(24)19-12-15-8-4-5-10-18(15)26-19/h6-7,9,11-12,17H,3-5,8,10,13H2,1-2H3/t17-/m0/s1. The van der Waals surface area contributed by atoms with Crippen LogP contribution in [0.5, 0.6) is 0 Å². The first-order valence-corrected chi connectivity index (χ1v) is 11.2. The highest BCUT2D eigenvalue weighted by atomic mass is 32.2. The Morgan fingerprint density at radius 3 is 2.88 bits per heavy atom. The maximum Gasteiger partial charge on any atom is 0.270 e. The molecule has 3 nitrogen and oxygen atoms in total. The molecule has 2 aliphatic rings. The fraction of sp³-hybridized carbons (Fsp3) is 0.429. The largest absolute Gasteiger partial charge is 0.282 e. The van der Waals surface area contributed by atoms with E-state index < -0.39 is 0 Å². The van der Waals surface area contributed by atoms with E-state index in [1.54, 1.807) is 23.1 Å². The number of aliphatic imine (C=N–C) groups is 1. The van der Waals surface area contributed by atoms with E-state index in [9.17, 15) is 4.79 Å². The summed E-state index contributed by atoms with van der Waals surface area (Å²) < 4.78 is 0. The molecule has 1 atom stereocenters. The first kappa shape index (κ1) is 17.8. The van der Waals surface area contributed by atoms with E-state index in [4.69, 9.17) is 4.99 Å². The van der Waals surface area contributed by atoms with Crippen LogP contribution in [0.4, 0.5) is 5.69 Å². The smallest absolute Gasteiger partial charge is 0.270 e. The molecule has 0 unspecified atom stereocenters. The third-order valence-electron chi connectivity index (χ3n) is 5.10. The second kappa shape index (κ2) is 7.57. The molecule has 0 radical (unpaired) electrons. The van der Waals surface area contributed by atoms with Crippen LogP contribution in [0.1, 0.15) is 51.9 Å². The van der Waals surface area contributed by atoms with Crippen molar-refractivity contribution in [3.05, 3.63) is 51.2 Å². The second-order valence-corrected chi connectivity index (χ2v) is 9.17. The number of thiophene rings is 1. The molecule has 1 amide bonds. The molecular formula is C21H24N2OS2. The second-order valence-electron chi connectivity index (χ2n) is 7.05. The van der Waals surface area contributed by atoms with Crippen molar-refractivity contribution in [3.8, 4) is 0 Å². The zero-order valence-electron chi connectivity index (χ0n) is 15.3. The third-order valence-corrected chi connectivity index (χ3v) is 7.42. The quantitative estimate of drug-likeness (QED) is 0.691. The number of hydrogen-bond donors (Lipinski definition) is 0. The van der Waals surface area contributed by atoms with Gasteiger partial charge in [-0.25, -0.2) is 4.99 Å². The number of thioether (sulfide) groups is 1. The van der Waals surface area contributed by atoms with Crippen LogP contribution in [-0.2, 0) is 12.8 Å². The van der Waals surface area contributed by atoms with Crippen molar-refractivity contribution < 1.29 is 4.79 Å². The van der Waals surface area contributed by atoms with Crippen LogP contribution < -0.4 is 0 Å². The number of fused-ring (bicyclic) bond motifs is 1. The Morgan fingerprint density at radius 2 is 2.12 bits per heavy atom. The molecule has 1 aromatic carbocycles. The Kier molecular flexibility index (Phi) is 5.18. The number of carbonyl (C=O) groups is 1. The molecule has 2 heterocycles. The lowest BCUT2D eigenvalue weighted by Gasteiger charge is -2.22. The normalized spacial score (nSPS) is 21.2. The molecule has 136 valence electrons. The van der Waals surface area contributed by atoms with Crippen molar-refractivity contribution >= 4 is 39.9 Å². The van der Waals surface area contributed by atoms with Crippen LogP contribution in [0.25, 0.3) is 0 Å². The van der Waals surface area contributed by atoms with Gasteiger partial charge in [0.1, 0.15) is 0 Å². The van der Waals surface area contributed by atoms with Gasteiger partial charge in [-0.2, -0.15) is 0 Å². The summed E-state index contributed by atoms with van der Waals surface area (Å²) >= 11 is 3.40. The molecule has 0 bridgehead atoms. The van der Waals surface area contributed by atoms with Gasteiger partial charge in [-0.1, -0.05) is 30.8 Å². The summed E-state index contributed by atoms with van der Waals surface area (Å²) in [7, 11) is 0. The summed E-state index contributed by atoms with van der Waals surface area (Å²) in [6.45, 7) is 4.22. The van der Waals surface area contributed by atoms with Crippen LogP contribution in [0.15, 0.2) is 35.3 Å². The minimum absolute atomic E-state index is 0.132. The molecule has 1 aliphatic heterocycles. The predicted molar refractivity (Wildman–Crippen MR) is 112 cm³/mol. The Morgan fingerprint density at radius 1 is 1.27 bits per heavy atom. The highest BCUT2D eigenvalue weighted by Gasteiger charge is 2.35. The van der Waals surface area contributed by atoms with Crippen molar-refractivity contribution in [2.75, 3.05) is 5.75 Å². The summed E-state index contributed by atoms with van der Waals surface area (Å²) in [5.41, 5.74) is 3.50. The topological polar surface area (TPSA) is 32.7 Å². The van der Waals surface area contributed by atoms with E-state index in [2.05, 4.69) is 32.0 Å². The molecule has 4 rings (SSSR count). The number of benzene rings is 1. The highest BCUT2D eigenvalue weighted by Crippen LogP contribution is 2.34. The number of carbonyl (C=O) groups excluding carboxylic acids is 1. The fourth-order valence-electron chi connectivity index (χ4n) is 3.63. The van der Waals surface area contributed by atoms with Crippen molar-refractivity contribution in [2.24, 2.45) is 4.99 Å². The Hall–Kier alpha value is -1.59. The van der Waals surface area contributed by atoms with Gasteiger partial charge in [0.2, 0.25) is 0 Å². The molecule has 0 spiro atoms. The van der Waals surface area contributed by atoms with E-state index in [-0.39, 0.29) is 11.9 Å². The molecule has 5 heteroatoms. The summed E-state index contributed by atoms with van der Waals surface area (Å²) in [6, 6.07) is 10.5. The van der Waals surface area contributed by atoms with Crippen molar-refractivity contribution in [2.45, 2.75) is 52.0 Å². The van der Waals surface area contributed by atoms with Gasteiger partial charge in [-0.15, -0.1) is 11.3 Å². The van der Waals surface area contributed by atoms with Gasteiger partial charge < -0.3 is 0 Å². The molecule has 1 fully saturated rings. The fourth-order valence-corrected chi connectivity index (χ4v) is 6.09. The van der Waals surface area contributed by atoms with Gasteiger partial charge in [-0.3, -0.25) is 9.69 Å². The predicted octanol–water partition coefficient (Wildman–Crippen LogP) is 5.59. The Bertz CT molecular complexity index is 832. The van der Waals surface area contributed by atoms with Crippen molar-refractivity contribution in [1.82, 2.24) is 4.90 Å². The average molecular weight is 385 g/mol. The summed E-state index contributed by atoms with van der Waals surface area (Å²) in [6.07, 6.45) is 5.70. The zero-order chi connectivity index (χ0) is 18.1. The number of amides is 1. The number of rotatable bonds is 3. The van der Waals surface area contributed by atoms with E-state index in [1.807, 2.05) is 17.0 Å². The molecule has 0 N–H and O–H groups in total. The lowest BCUT2D eigenvalue weighted by molar-refractivity contribution is 0.0824. The SMILES string of the molecule is CC[C@H]1CSC(=Nc2cccc(C)c2)N1C(=O)c1cc2c(s1)CCCC2. The Balaban J connectivity index is 1.66. The zero-order valence-corrected chi connectivity index (χ0v) is 17.0. The lowest BCUT2D eigenvalue weighted by atomic mass is 9.99. The summed E-state index contributed by atoms with van der Waals surface area (Å²) in [5.74, 6) is 1.06. The first-order valence-electron chi connectivity index (χ1n) is 9.39. The molecular weight excluding hydrogens is 360 g/mol. The molecule has 0 saturated carbocycles. The van der Waals surface area contributed by atoms with E-state index in [0.717, 1.165) is 40.7 Å². The maximum absolute atomic E-state index is 13.3. The third kappa shape index (κ3) is 3.47. The first-order chi connectivity index (χ1) is 12.7. The van der Waals surface area contributed by atoms with Crippen LogP contribution >= 0.6 is 23.1 Å². The van der Waals surface area contributed by atoms with E-state index >= 15 is 0 Å². The molecule has 26 heavy (non-hydrogen) atoms. The average Bonchev–Trinajstić information content (AvgIpc) is 3.25. The number of amidine groups is 1. The lowest BCUT2D eigenvalue weighted by Crippen LogP contribution is -2.38. The van der Waals surface area contributed by atoms with Crippen LogP contribution in [0.2, 0.25) is 0 Å². The highest BCUT2D eigenvalue weighted by molar-refractivity contribution is 8.14. The van der Waals surface area contributed by atoms with Crippen LogP contribution in [-0.4, -0.2) is 27.8 Å². The summed E-state index contributed by atoms with van der Waals surface area (Å²) in [5, 5.41) is 0.846. The van der Waals surface area contributed by atoms with E-state index in [1.165, 1.54) is 28.8 Å². The molecule has 1 aromatic heterocycles. The van der Waals surface area contributed by atoms with Gasteiger partial charge in [0.05, 0.1) is 10.6 Å². The van der Waals surface area contributed by atoms with E-state index in [0.29, 0.717) is 0 Å². The van der Waals surface area contributed by atoms with Gasteiger partial charge in [0, 0.05) is 16.7 Å². The number of aryl methyl sites for hydroxylation is 3. The van der Waals surface area contributed by atoms with Gasteiger partial charge in [0.15, 0.2) is 5.17 Å². The maximum atomic E-state index is 13.3. The number of nitrogens with zero attached hydrogens (tertiary/aromatic N) is 2.